The van der Waals surface area contributed by atoms with E-state index in [1.165, 1.54) is 18.5 Å². The van der Waals surface area contributed by atoms with Gasteiger partial charge in [0.1, 0.15) is 0 Å². The molecule has 1 aliphatic heterocycles. The lowest BCUT2D eigenvalue weighted by atomic mass is 9.87. The van der Waals surface area contributed by atoms with Crippen molar-refractivity contribution in [3.8, 4) is 0 Å². The predicted molar refractivity (Wildman–Crippen MR) is 80.2 cm³/mol. The Kier molecular flexibility index (Phi) is 4.82. The van der Waals surface area contributed by atoms with Gasteiger partial charge in [-0.2, -0.15) is 0 Å². The van der Waals surface area contributed by atoms with Crippen LogP contribution in [0.1, 0.15) is 37.6 Å². The third kappa shape index (κ3) is 2.79. The molecule has 1 N–H and O–H groups in total. The van der Waals surface area contributed by atoms with E-state index in [0.29, 0.717) is 12.1 Å². The molecule has 1 aliphatic rings. The third-order valence-electron chi connectivity index (χ3n) is 4.63. The quantitative estimate of drug-likeness (QED) is 0.901. The van der Waals surface area contributed by atoms with E-state index in [1.54, 1.807) is 4.88 Å². The van der Waals surface area contributed by atoms with Crippen LogP contribution in [0.4, 0.5) is 0 Å². The zero-order valence-corrected chi connectivity index (χ0v) is 12.9. The highest BCUT2D eigenvalue weighted by Gasteiger charge is 2.31. The van der Waals surface area contributed by atoms with Crippen molar-refractivity contribution in [3.63, 3.8) is 0 Å². The Balaban J connectivity index is 2.02. The van der Waals surface area contributed by atoms with Gasteiger partial charge in [0.25, 0.3) is 0 Å². The van der Waals surface area contributed by atoms with Crippen LogP contribution in [-0.2, 0) is 13.0 Å². The van der Waals surface area contributed by atoms with E-state index in [1.807, 2.05) is 11.3 Å². The predicted octanol–water partition coefficient (Wildman–Crippen LogP) is 3.13. The summed E-state index contributed by atoms with van der Waals surface area (Å²) in [5.41, 5.74) is 1.54. The van der Waals surface area contributed by atoms with Crippen LogP contribution in [-0.4, -0.2) is 30.6 Å². The highest BCUT2D eigenvalue weighted by Crippen LogP contribution is 2.27. The van der Waals surface area contributed by atoms with Gasteiger partial charge < -0.3 is 5.32 Å². The molecule has 18 heavy (non-hydrogen) atoms. The van der Waals surface area contributed by atoms with Crippen molar-refractivity contribution in [3.05, 3.63) is 21.9 Å². The second kappa shape index (κ2) is 6.18. The van der Waals surface area contributed by atoms with E-state index in [2.05, 4.69) is 49.5 Å². The maximum atomic E-state index is 3.46. The van der Waals surface area contributed by atoms with Crippen LogP contribution in [0.2, 0.25) is 0 Å². The molecule has 102 valence electrons. The van der Waals surface area contributed by atoms with E-state index in [-0.39, 0.29) is 0 Å². The molecule has 1 saturated heterocycles. The molecule has 1 fully saturated rings. The van der Waals surface area contributed by atoms with Crippen molar-refractivity contribution in [1.82, 2.24) is 10.2 Å². The molecule has 0 saturated carbocycles. The van der Waals surface area contributed by atoms with E-state index < -0.39 is 0 Å². The summed E-state index contributed by atoms with van der Waals surface area (Å²) in [4.78, 5) is 4.23. The van der Waals surface area contributed by atoms with Crippen LogP contribution < -0.4 is 5.32 Å². The zero-order valence-electron chi connectivity index (χ0n) is 12.1. The average Bonchev–Trinajstić information content (AvgIpc) is 2.82. The van der Waals surface area contributed by atoms with Crippen molar-refractivity contribution in [2.75, 3.05) is 13.6 Å². The van der Waals surface area contributed by atoms with Crippen molar-refractivity contribution >= 4 is 11.3 Å². The third-order valence-corrected chi connectivity index (χ3v) is 5.58. The summed E-state index contributed by atoms with van der Waals surface area (Å²) in [5, 5.41) is 5.70. The monoisotopic (exact) mass is 266 g/mol. The summed E-state index contributed by atoms with van der Waals surface area (Å²) in [6.07, 6.45) is 2.44. The van der Waals surface area contributed by atoms with Crippen molar-refractivity contribution < 1.29 is 0 Å². The number of piperidine rings is 1. The standard InChI is InChI=1S/C15H26N2S/c1-5-13-7-9-18-15(13)10-17-8-6-14(16-4)11(2)12(17)3/h7,9,11-12,14,16H,5-6,8,10H2,1-4H3. The van der Waals surface area contributed by atoms with Gasteiger partial charge in [-0.3, -0.25) is 4.90 Å². The Bertz CT molecular complexity index is 374. The minimum Gasteiger partial charge on any atom is -0.317 e. The minimum absolute atomic E-state index is 0.669. The number of rotatable bonds is 4. The SMILES string of the molecule is CCc1ccsc1CN1CCC(NC)C(C)C1C. The number of nitrogens with zero attached hydrogens (tertiary/aromatic N) is 1. The number of hydrogen-bond donors (Lipinski definition) is 1. The molecular weight excluding hydrogens is 240 g/mol. The van der Waals surface area contributed by atoms with Gasteiger partial charge in [-0.1, -0.05) is 13.8 Å². The van der Waals surface area contributed by atoms with Gasteiger partial charge in [-0.25, -0.2) is 0 Å². The molecule has 0 aromatic carbocycles. The summed E-state index contributed by atoms with van der Waals surface area (Å²) < 4.78 is 0. The van der Waals surface area contributed by atoms with Gasteiger partial charge in [0, 0.05) is 30.1 Å². The molecule has 0 spiro atoms. The van der Waals surface area contributed by atoms with E-state index in [4.69, 9.17) is 0 Å². The summed E-state index contributed by atoms with van der Waals surface area (Å²) >= 11 is 1.92. The first kappa shape index (κ1) is 14.0. The fourth-order valence-corrected chi connectivity index (χ4v) is 4.08. The number of thiophene rings is 1. The van der Waals surface area contributed by atoms with E-state index in [9.17, 15) is 0 Å². The molecule has 2 heterocycles. The number of hydrogen-bond acceptors (Lipinski definition) is 3. The molecule has 3 heteroatoms. The Morgan fingerprint density at radius 3 is 2.89 bits per heavy atom. The smallest absolute Gasteiger partial charge is 0.0333 e. The van der Waals surface area contributed by atoms with Crippen LogP contribution in [0.3, 0.4) is 0 Å². The molecule has 2 nitrogen and oxygen atoms in total. The largest absolute Gasteiger partial charge is 0.317 e. The molecule has 0 bridgehead atoms. The second-order valence-electron chi connectivity index (χ2n) is 5.48. The molecule has 1 aromatic heterocycles. The number of aryl methyl sites for hydroxylation is 1. The molecule has 0 radical (unpaired) electrons. The van der Waals surface area contributed by atoms with Crippen LogP contribution in [0.5, 0.6) is 0 Å². The normalized spacial score (nSPS) is 29.7. The number of likely N-dealkylation sites (tertiary alicyclic amines) is 1. The first-order chi connectivity index (χ1) is 8.67. The lowest BCUT2D eigenvalue weighted by Crippen LogP contribution is -2.52. The zero-order chi connectivity index (χ0) is 13.1. The summed E-state index contributed by atoms with van der Waals surface area (Å²) in [6.45, 7) is 9.38. The molecule has 0 aliphatic carbocycles. The fraction of sp³-hybridized carbons (Fsp3) is 0.733. The molecule has 3 atom stereocenters. The molecular formula is C15H26N2S. The summed E-state index contributed by atoms with van der Waals surface area (Å²) in [5.74, 6) is 0.730. The first-order valence-corrected chi connectivity index (χ1v) is 8.01. The van der Waals surface area contributed by atoms with Crippen molar-refractivity contribution in [2.24, 2.45) is 5.92 Å². The van der Waals surface area contributed by atoms with E-state index >= 15 is 0 Å². The second-order valence-corrected chi connectivity index (χ2v) is 6.48. The Morgan fingerprint density at radius 1 is 1.44 bits per heavy atom. The maximum Gasteiger partial charge on any atom is 0.0333 e. The maximum absolute atomic E-state index is 3.46. The highest BCUT2D eigenvalue weighted by atomic mass is 32.1. The molecule has 1 aromatic rings. The van der Waals surface area contributed by atoms with Gasteiger partial charge in [0.15, 0.2) is 0 Å². The Hall–Kier alpha value is -0.380. The van der Waals surface area contributed by atoms with Crippen LogP contribution >= 0.6 is 11.3 Å². The van der Waals surface area contributed by atoms with Crippen LogP contribution in [0.15, 0.2) is 11.4 Å². The van der Waals surface area contributed by atoms with Gasteiger partial charge in [0.2, 0.25) is 0 Å². The minimum atomic E-state index is 0.669. The first-order valence-electron chi connectivity index (χ1n) is 7.13. The van der Waals surface area contributed by atoms with Gasteiger partial charge in [0.05, 0.1) is 0 Å². The summed E-state index contributed by atoms with van der Waals surface area (Å²) in [7, 11) is 2.10. The van der Waals surface area contributed by atoms with Gasteiger partial charge >= 0.3 is 0 Å². The van der Waals surface area contributed by atoms with E-state index in [0.717, 1.165) is 18.9 Å². The fourth-order valence-electron chi connectivity index (χ4n) is 3.08. The molecule has 3 unspecified atom stereocenters. The Morgan fingerprint density at radius 2 is 2.22 bits per heavy atom. The van der Waals surface area contributed by atoms with Gasteiger partial charge in [-0.05, 0) is 49.7 Å². The van der Waals surface area contributed by atoms with Crippen LogP contribution in [0.25, 0.3) is 0 Å². The summed E-state index contributed by atoms with van der Waals surface area (Å²) in [6, 6.07) is 3.64. The van der Waals surface area contributed by atoms with Crippen molar-refractivity contribution in [2.45, 2.75) is 52.2 Å². The van der Waals surface area contributed by atoms with Gasteiger partial charge in [-0.15, -0.1) is 11.3 Å². The van der Waals surface area contributed by atoms with Crippen molar-refractivity contribution in [1.29, 1.82) is 0 Å². The highest BCUT2D eigenvalue weighted by molar-refractivity contribution is 7.10. The number of nitrogens with one attached hydrogen (secondary N) is 1. The Labute approximate surface area is 115 Å². The average molecular weight is 266 g/mol. The molecule has 0 amide bonds. The molecule has 2 rings (SSSR count). The topological polar surface area (TPSA) is 15.3 Å². The van der Waals surface area contributed by atoms with Crippen LogP contribution in [0, 0.1) is 5.92 Å². The lowest BCUT2D eigenvalue weighted by Gasteiger charge is -2.42. The lowest BCUT2D eigenvalue weighted by molar-refractivity contribution is 0.0818.